The van der Waals surface area contributed by atoms with Crippen LogP contribution in [0, 0.1) is 6.92 Å². The molecule has 0 saturated heterocycles. The minimum absolute atomic E-state index is 0.285. The van der Waals surface area contributed by atoms with Gasteiger partial charge in [0.25, 0.3) is 5.91 Å². The van der Waals surface area contributed by atoms with Crippen molar-refractivity contribution in [3.05, 3.63) is 47.8 Å². The molecule has 0 unspecified atom stereocenters. The summed E-state index contributed by atoms with van der Waals surface area (Å²) in [4.78, 5) is 15.4. The molecular weight excluding hydrogens is 230 g/mol. The zero-order valence-electron chi connectivity index (χ0n) is 9.88. The van der Waals surface area contributed by atoms with Crippen LogP contribution < -0.4 is 16.2 Å². The molecule has 18 heavy (non-hydrogen) atoms. The Morgan fingerprint density at radius 3 is 2.72 bits per heavy atom. The van der Waals surface area contributed by atoms with Crippen LogP contribution in [0.2, 0.25) is 0 Å². The molecule has 0 spiro atoms. The molecule has 2 aromatic rings. The molecule has 2 rings (SSSR count). The van der Waals surface area contributed by atoms with E-state index < -0.39 is 5.91 Å². The summed E-state index contributed by atoms with van der Waals surface area (Å²) in [6, 6.07) is 8.21. The lowest BCUT2D eigenvalue weighted by Crippen LogP contribution is -2.12. The van der Waals surface area contributed by atoms with Gasteiger partial charge >= 0.3 is 0 Å². The molecule has 4 N–H and O–H groups in total. The van der Waals surface area contributed by atoms with Gasteiger partial charge in [0.15, 0.2) is 0 Å². The minimum Gasteiger partial charge on any atom is -0.455 e. The highest BCUT2D eigenvalue weighted by Gasteiger charge is 2.11. The van der Waals surface area contributed by atoms with Crippen LogP contribution in [-0.4, -0.2) is 10.9 Å². The highest BCUT2D eigenvalue weighted by atomic mass is 16.5. The third kappa shape index (κ3) is 2.40. The van der Waals surface area contributed by atoms with E-state index >= 15 is 0 Å². The monoisotopic (exact) mass is 243 g/mol. The Morgan fingerprint density at radius 2 is 2.06 bits per heavy atom. The molecule has 0 radical (unpaired) electrons. The zero-order valence-corrected chi connectivity index (χ0v) is 9.88. The molecule has 0 aliphatic rings. The Bertz CT molecular complexity index is 597. The summed E-state index contributed by atoms with van der Waals surface area (Å²) >= 11 is 0. The minimum atomic E-state index is -0.563. The summed E-state index contributed by atoms with van der Waals surface area (Å²) in [6.45, 7) is 1.81. The summed E-state index contributed by atoms with van der Waals surface area (Å²) in [5, 5.41) is 0. The first kappa shape index (κ1) is 11.9. The fourth-order valence-electron chi connectivity index (χ4n) is 1.52. The number of hydrogen-bond acceptors (Lipinski definition) is 4. The number of nitrogens with two attached hydrogens (primary N) is 2. The maximum atomic E-state index is 11.3. The average Bonchev–Trinajstić information content (AvgIpc) is 2.32. The molecule has 1 aromatic heterocycles. The van der Waals surface area contributed by atoms with E-state index in [1.807, 2.05) is 6.92 Å². The van der Waals surface area contributed by atoms with Crippen LogP contribution in [0.3, 0.4) is 0 Å². The number of carbonyl (C=O) groups excluding carboxylic acids is 1. The van der Waals surface area contributed by atoms with Crippen molar-refractivity contribution >= 4 is 11.6 Å². The normalized spacial score (nSPS) is 10.1. The number of nitrogen functional groups attached to an aromatic ring is 1. The van der Waals surface area contributed by atoms with Gasteiger partial charge in [-0.15, -0.1) is 0 Å². The van der Waals surface area contributed by atoms with Gasteiger partial charge in [0.05, 0.1) is 11.3 Å². The van der Waals surface area contributed by atoms with Crippen molar-refractivity contribution in [2.75, 3.05) is 5.73 Å². The second-order valence-corrected chi connectivity index (χ2v) is 3.81. The van der Waals surface area contributed by atoms with Crippen LogP contribution in [0.25, 0.3) is 0 Å². The number of benzene rings is 1. The van der Waals surface area contributed by atoms with E-state index in [1.165, 1.54) is 0 Å². The third-order valence-corrected chi connectivity index (χ3v) is 2.45. The van der Waals surface area contributed by atoms with E-state index in [9.17, 15) is 4.79 Å². The smallest absolute Gasteiger partial charge is 0.252 e. The molecule has 1 heterocycles. The number of pyridine rings is 1. The van der Waals surface area contributed by atoms with Crippen LogP contribution in [0.5, 0.6) is 11.5 Å². The fraction of sp³-hybridized carbons (Fsp3) is 0.0769. The molecular formula is C13H13N3O2. The molecule has 0 aliphatic heterocycles. The number of aryl methyl sites for hydroxylation is 1. The first-order valence-corrected chi connectivity index (χ1v) is 5.36. The molecule has 5 nitrogen and oxygen atoms in total. The number of amides is 1. The van der Waals surface area contributed by atoms with Crippen molar-refractivity contribution < 1.29 is 9.53 Å². The standard InChI is InChI=1S/C13H13N3O2/c1-8-11(3-2-6-16-8)18-12-7-9(14)4-5-10(12)13(15)17/h2-7H,14H2,1H3,(H2,15,17). The Kier molecular flexibility index (Phi) is 3.14. The molecule has 92 valence electrons. The number of hydrogen-bond donors (Lipinski definition) is 2. The van der Waals surface area contributed by atoms with E-state index in [-0.39, 0.29) is 5.56 Å². The maximum absolute atomic E-state index is 11.3. The van der Waals surface area contributed by atoms with E-state index in [1.54, 1.807) is 36.5 Å². The Labute approximate surface area is 104 Å². The van der Waals surface area contributed by atoms with Gasteiger partial charge in [0.1, 0.15) is 11.5 Å². The number of aromatic nitrogens is 1. The maximum Gasteiger partial charge on any atom is 0.252 e. The van der Waals surface area contributed by atoms with Gasteiger partial charge in [0, 0.05) is 18.0 Å². The lowest BCUT2D eigenvalue weighted by molar-refractivity contribution is 0.0998. The Balaban J connectivity index is 2.42. The number of nitrogens with zero attached hydrogens (tertiary/aromatic N) is 1. The predicted molar refractivity (Wildman–Crippen MR) is 68.4 cm³/mol. The number of carbonyl (C=O) groups is 1. The van der Waals surface area contributed by atoms with Crippen LogP contribution in [-0.2, 0) is 0 Å². The quantitative estimate of drug-likeness (QED) is 0.805. The summed E-state index contributed by atoms with van der Waals surface area (Å²) in [6.07, 6.45) is 1.66. The van der Waals surface area contributed by atoms with Crippen LogP contribution in [0.15, 0.2) is 36.5 Å². The van der Waals surface area contributed by atoms with E-state index in [0.717, 1.165) is 5.69 Å². The summed E-state index contributed by atoms with van der Waals surface area (Å²) in [5.41, 5.74) is 12.5. The number of primary amides is 1. The SMILES string of the molecule is Cc1ncccc1Oc1cc(N)ccc1C(N)=O. The lowest BCUT2D eigenvalue weighted by atomic mass is 10.1. The second-order valence-electron chi connectivity index (χ2n) is 3.81. The molecule has 5 heteroatoms. The van der Waals surface area contributed by atoms with Crippen molar-refractivity contribution in [2.24, 2.45) is 5.73 Å². The number of anilines is 1. The van der Waals surface area contributed by atoms with Crippen molar-refractivity contribution in [3.63, 3.8) is 0 Å². The van der Waals surface area contributed by atoms with Crippen molar-refractivity contribution in [3.8, 4) is 11.5 Å². The van der Waals surface area contributed by atoms with Crippen molar-refractivity contribution in [2.45, 2.75) is 6.92 Å². The van der Waals surface area contributed by atoms with E-state index in [4.69, 9.17) is 16.2 Å². The topological polar surface area (TPSA) is 91.2 Å². The second kappa shape index (κ2) is 4.75. The van der Waals surface area contributed by atoms with Gasteiger partial charge in [-0.25, -0.2) is 0 Å². The van der Waals surface area contributed by atoms with Gasteiger partial charge in [-0.05, 0) is 31.2 Å². The summed E-state index contributed by atoms with van der Waals surface area (Å²) in [7, 11) is 0. The van der Waals surface area contributed by atoms with Gasteiger partial charge in [-0.1, -0.05) is 0 Å². The van der Waals surface area contributed by atoms with Gasteiger partial charge < -0.3 is 16.2 Å². The van der Waals surface area contributed by atoms with Gasteiger partial charge in [-0.3, -0.25) is 9.78 Å². The van der Waals surface area contributed by atoms with Crippen molar-refractivity contribution in [1.82, 2.24) is 4.98 Å². The first-order valence-electron chi connectivity index (χ1n) is 5.36. The summed E-state index contributed by atoms with van der Waals surface area (Å²) in [5.74, 6) is 0.329. The fourth-order valence-corrected chi connectivity index (χ4v) is 1.52. The Morgan fingerprint density at radius 1 is 1.28 bits per heavy atom. The highest BCUT2D eigenvalue weighted by molar-refractivity contribution is 5.96. The summed E-state index contributed by atoms with van der Waals surface area (Å²) < 4.78 is 5.64. The molecule has 1 aromatic carbocycles. The van der Waals surface area contributed by atoms with Gasteiger partial charge in [-0.2, -0.15) is 0 Å². The van der Waals surface area contributed by atoms with Crippen LogP contribution >= 0.6 is 0 Å². The van der Waals surface area contributed by atoms with Crippen molar-refractivity contribution in [1.29, 1.82) is 0 Å². The molecule has 0 fully saturated rings. The highest BCUT2D eigenvalue weighted by Crippen LogP contribution is 2.28. The third-order valence-electron chi connectivity index (χ3n) is 2.45. The largest absolute Gasteiger partial charge is 0.455 e. The lowest BCUT2D eigenvalue weighted by Gasteiger charge is -2.11. The predicted octanol–water partition coefficient (Wildman–Crippen LogP) is 1.86. The van der Waals surface area contributed by atoms with Crippen LogP contribution in [0.1, 0.15) is 16.1 Å². The zero-order chi connectivity index (χ0) is 13.1. The molecule has 1 amide bonds. The van der Waals surface area contributed by atoms with Crippen LogP contribution in [0.4, 0.5) is 5.69 Å². The van der Waals surface area contributed by atoms with E-state index in [0.29, 0.717) is 17.2 Å². The molecule has 0 atom stereocenters. The number of ether oxygens (including phenoxy) is 1. The van der Waals surface area contributed by atoms with E-state index in [2.05, 4.69) is 4.98 Å². The average molecular weight is 243 g/mol. The molecule has 0 saturated carbocycles. The first-order chi connectivity index (χ1) is 8.58. The molecule has 0 aliphatic carbocycles. The number of rotatable bonds is 3. The Hall–Kier alpha value is -2.56. The van der Waals surface area contributed by atoms with Gasteiger partial charge in [0.2, 0.25) is 0 Å². The molecule has 0 bridgehead atoms.